The highest BCUT2D eigenvalue weighted by Gasteiger charge is 2.29. The smallest absolute Gasteiger partial charge is 0.340 e. The van der Waals surface area contributed by atoms with Gasteiger partial charge in [-0.25, -0.2) is 4.79 Å². The molecule has 124 valence electrons. The molecule has 0 radical (unpaired) electrons. The average Bonchev–Trinajstić information content (AvgIpc) is 2.52. The summed E-state index contributed by atoms with van der Waals surface area (Å²) in [5, 5.41) is 0.392. The molecule has 0 amide bonds. The standard InChI is InChI=1S/C20H21ClO2Si/c1-15-9-11-16(12-10-15)13-14-19(24(2,3)4)23-20(22)17-7-5-6-8-18(17)21/h5-12,19H,1-4H3. The fourth-order valence-electron chi connectivity index (χ4n) is 2.01. The van der Waals surface area contributed by atoms with Gasteiger partial charge in [-0.1, -0.05) is 72.9 Å². The molecule has 0 aromatic heterocycles. The summed E-state index contributed by atoms with van der Waals surface area (Å²) in [4.78, 5) is 12.4. The van der Waals surface area contributed by atoms with Crippen molar-refractivity contribution in [3.63, 3.8) is 0 Å². The molecule has 2 nitrogen and oxygen atoms in total. The maximum absolute atomic E-state index is 12.4. The van der Waals surface area contributed by atoms with Crippen molar-refractivity contribution in [1.82, 2.24) is 0 Å². The third kappa shape index (κ3) is 4.99. The van der Waals surface area contributed by atoms with E-state index in [1.54, 1.807) is 24.3 Å². The van der Waals surface area contributed by atoms with Crippen LogP contribution in [0, 0.1) is 18.8 Å². The molecule has 2 rings (SSSR count). The van der Waals surface area contributed by atoms with Crippen LogP contribution in [0.25, 0.3) is 0 Å². The number of ether oxygens (including phenoxy) is 1. The van der Waals surface area contributed by atoms with E-state index in [4.69, 9.17) is 16.3 Å². The number of halogens is 1. The predicted octanol–water partition coefficient (Wildman–Crippen LogP) is 5.10. The number of rotatable bonds is 3. The lowest BCUT2D eigenvalue weighted by Crippen LogP contribution is -2.40. The summed E-state index contributed by atoms with van der Waals surface area (Å²) in [6, 6.07) is 14.9. The van der Waals surface area contributed by atoms with Crippen molar-refractivity contribution in [2.45, 2.75) is 32.3 Å². The summed E-state index contributed by atoms with van der Waals surface area (Å²) in [5.74, 6) is 5.84. The first-order valence-electron chi connectivity index (χ1n) is 7.81. The zero-order chi connectivity index (χ0) is 17.7. The van der Waals surface area contributed by atoms with E-state index in [0.717, 1.165) is 5.56 Å². The molecule has 0 aliphatic carbocycles. The Bertz CT molecular complexity index is 780. The summed E-state index contributed by atoms with van der Waals surface area (Å²) in [6.45, 7) is 8.41. The Labute approximate surface area is 149 Å². The zero-order valence-electron chi connectivity index (χ0n) is 14.4. The molecule has 0 aliphatic rings. The van der Waals surface area contributed by atoms with Crippen molar-refractivity contribution in [2.24, 2.45) is 0 Å². The summed E-state index contributed by atoms with van der Waals surface area (Å²) in [7, 11) is -1.82. The van der Waals surface area contributed by atoms with Gasteiger partial charge in [0.05, 0.1) is 10.6 Å². The van der Waals surface area contributed by atoms with E-state index >= 15 is 0 Å². The molecule has 1 unspecified atom stereocenters. The molecular formula is C20H21ClO2Si. The van der Waals surface area contributed by atoms with Crippen molar-refractivity contribution in [2.75, 3.05) is 0 Å². The lowest BCUT2D eigenvalue weighted by Gasteiger charge is -2.24. The fraction of sp³-hybridized carbons (Fsp3) is 0.250. The third-order valence-corrected chi connectivity index (χ3v) is 5.67. The molecule has 1 atom stereocenters. The van der Waals surface area contributed by atoms with Gasteiger partial charge >= 0.3 is 5.97 Å². The Morgan fingerprint density at radius 1 is 1.08 bits per heavy atom. The third-order valence-electron chi connectivity index (χ3n) is 3.50. The van der Waals surface area contributed by atoms with Crippen LogP contribution in [0.4, 0.5) is 0 Å². The molecule has 0 heterocycles. The Morgan fingerprint density at radius 2 is 1.71 bits per heavy atom. The van der Waals surface area contributed by atoms with E-state index in [0.29, 0.717) is 10.6 Å². The fourth-order valence-corrected chi connectivity index (χ4v) is 3.18. The minimum Gasteiger partial charge on any atom is -0.450 e. The first kappa shape index (κ1) is 18.3. The van der Waals surface area contributed by atoms with E-state index in [1.165, 1.54) is 5.56 Å². The second-order valence-corrected chi connectivity index (χ2v) is 12.4. The Morgan fingerprint density at radius 3 is 2.29 bits per heavy atom. The van der Waals surface area contributed by atoms with Crippen molar-refractivity contribution in [1.29, 1.82) is 0 Å². The second-order valence-electron chi connectivity index (χ2n) is 6.77. The monoisotopic (exact) mass is 356 g/mol. The van der Waals surface area contributed by atoms with E-state index < -0.39 is 19.8 Å². The predicted molar refractivity (Wildman–Crippen MR) is 102 cm³/mol. The van der Waals surface area contributed by atoms with Crippen LogP contribution in [0.15, 0.2) is 48.5 Å². The highest BCUT2D eigenvalue weighted by Crippen LogP contribution is 2.19. The van der Waals surface area contributed by atoms with Crippen molar-refractivity contribution >= 4 is 25.6 Å². The lowest BCUT2D eigenvalue weighted by molar-refractivity contribution is 0.0500. The number of hydrogen-bond donors (Lipinski definition) is 0. The van der Waals surface area contributed by atoms with E-state index in [2.05, 4.69) is 31.5 Å². The van der Waals surface area contributed by atoms with Gasteiger partial charge in [-0.05, 0) is 31.2 Å². The van der Waals surface area contributed by atoms with Crippen molar-refractivity contribution in [3.8, 4) is 11.8 Å². The van der Waals surface area contributed by atoms with E-state index in [1.807, 2.05) is 31.2 Å². The maximum Gasteiger partial charge on any atom is 0.340 e. The van der Waals surface area contributed by atoms with Gasteiger partial charge < -0.3 is 4.74 Å². The topological polar surface area (TPSA) is 26.3 Å². The van der Waals surface area contributed by atoms with E-state index in [-0.39, 0.29) is 0 Å². The summed E-state index contributed by atoms with van der Waals surface area (Å²) < 4.78 is 5.69. The summed E-state index contributed by atoms with van der Waals surface area (Å²) >= 11 is 6.08. The highest BCUT2D eigenvalue weighted by molar-refractivity contribution is 6.78. The SMILES string of the molecule is Cc1ccc(C#CC(OC(=O)c2ccccc2Cl)[Si](C)(C)C)cc1. The lowest BCUT2D eigenvalue weighted by atomic mass is 10.2. The second kappa shape index (κ2) is 7.70. The molecule has 0 aliphatic heterocycles. The Balaban J connectivity index is 2.23. The number of aryl methyl sites for hydroxylation is 1. The minimum atomic E-state index is -1.82. The highest BCUT2D eigenvalue weighted by atomic mass is 35.5. The van der Waals surface area contributed by atoms with Gasteiger partial charge in [0.15, 0.2) is 0 Å². The molecule has 0 saturated carbocycles. The van der Waals surface area contributed by atoms with Gasteiger partial charge in [0.25, 0.3) is 0 Å². The summed E-state index contributed by atoms with van der Waals surface area (Å²) in [6.07, 6.45) is 0. The average molecular weight is 357 g/mol. The van der Waals surface area contributed by atoms with Crippen molar-refractivity contribution in [3.05, 3.63) is 70.2 Å². The molecule has 0 N–H and O–H groups in total. The van der Waals surface area contributed by atoms with Crippen LogP contribution in [0.5, 0.6) is 0 Å². The van der Waals surface area contributed by atoms with Gasteiger partial charge in [-0.2, -0.15) is 0 Å². The van der Waals surface area contributed by atoms with Crippen LogP contribution in [0.2, 0.25) is 24.7 Å². The first-order valence-corrected chi connectivity index (χ1v) is 11.8. The number of carbonyl (C=O) groups excluding carboxylic acids is 1. The minimum absolute atomic E-state index is 0.375. The van der Waals surface area contributed by atoms with Gasteiger partial charge in [0, 0.05) is 5.56 Å². The molecule has 24 heavy (non-hydrogen) atoms. The van der Waals surface area contributed by atoms with Crippen LogP contribution in [0.1, 0.15) is 21.5 Å². The normalized spacial score (nSPS) is 12.0. The number of carbonyl (C=O) groups is 1. The van der Waals surface area contributed by atoms with Crippen LogP contribution >= 0.6 is 11.6 Å². The zero-order valence-corrected chi connectivity index (χ0v) is 16.1. The van der Waals surface area contributed by atoms with Gasteiger partial charge in [-0.3, -0.25) is 0 Å². The Hall–Kier alpha value is -2.02. The van der Waals surface area contributed by atoms with Crippen molar-refractivity contribution < 1.29 is 9.53 Å². The molecule has 0 saturated heterocycles. The molecule has 0 fully saturated rings. The van der Waals surface area contributed by atoms with Crippen LogP contribution in [-0.4, -0.2) is 19.8 Å². The van der Waals surface area contributed by atoms with Crippen LogP contribution in [0.3, 0.4) is 0 Å². The van der Waals surface area contributed by atoms with Gasteiger partial charge in [0.1, 0.15) is 13.8 Å². The van der Waals surface area contributed by atoms with E-state index in [9.17, 15) is 4.79 Å². The quantitative estimate of drug-likeness (QED) is 0.434. The van der Waals surface area contributed by atoms with Crippen LogP contribution in [-0.2, 0) is 4.74 Å². The largest absolute Gasteiger partial charge is 0.450 e. The Kier molecular flexibility index (Phi) is 5.88. The molecular weight excluding hydrogens is 336 g/mol. The molecule has 2 aromatic carbocycles. The molecule has 2 aromatic rings. The maximum atomic E-state index is 12.4. The number of hydrogen-bond acceptors (Lipinski definition) is 2. The summed E-state index contributed by atoms with van der Waals surface area (Å²) in [5.41, 5.74) is 2.08. The molecule has 0 bridgehead atoms. The molecule has 4 heteroatoms. The first-order chi connectivity index (χ1) is 11.3. The van der Waals surface area contributed by atoms with Crippen LogP contribution < -0.4 is 0 Å². The number of benzene rings is 2. The van der Waals surface area contributed by atoms with Gasteiger partial charge in [-0.15, -0.1) is 0 Å². The van der Waals surface area contributed by atoms with Gasteiger partial charge in [0.2, 0.25) is 0 Å². The molecule has 0 spiro atoms. The number of esters is 1.